The number of methoxy groups -OCH3 is 1. The summed E-state index contributed by atoms with van der Waals surface area (Å²) in [5.74, 6) is -0.559. The van der Waals surface area contributed by atoms with Crippen LogP contribution in [0.4, 0.5) is 5.69 Å². The summed E-state index contributed by atoms with van der Waals surface area (Å²) in [7, 11) is 1.51. The van der Waals surface area contributed by atoms with Crippen LogP contribution in [-0.2, 0) is 9.53 Å². The SMILES string of the molecule is COc1ccccc1NC(=O)[C@H](C)OC(=O)c1cnn(-c2ccccc2)c1. The summed E-state index contributed by atoms with van der Waals surface area (Å²) in [5, 5.41) is 6.84. The van der Waals surface area contributed by atoms with Crippen LogP contribution < -0.4 is 10.1 Å². The Morgan fingerprint density at radius 3 is 2.52 bits per heavy atom. The zero-order valence-corrected chi connectivity index (χ0v) is 15.0. The zero-order chi connectivity index (χ0) is 19.2. The topological polar surface area (TPSA) is 82.4 Å². The second-order valence-corrected chi connectivity index (χ2v) is 5.75. The third kappa shape index (κ3) is 4.33. The standard InChI is InChI=1S/C20H19N3O4/c1-14(19(24)22-17-10-6-7-11-18(17)26-2)27-20(25)15-12-21-23(13-15)16-8-4-3-5-9-16/h3-14H,1-2H3,(H,22,24)/t14-/m0/s1. The minimum atomic E-state index is -0.984. The van der Waals surface area contributed by atoms with Crippen molar-refractivity contribution in [3.63, 3.8) is 0 Å². The molecule has 3 rings (SSSR count). The van der Waals surface area contributed by atoms with Gasteiger partial charge in [0.05, 0.1) is 30.2 Å². The summed E-state index contributed by atoms with van der Waals surface area (Å²) < 4.78 is 12.0. The lowest BCUT2D eigenvalue weighted by Gasteiger charge is -2.14. The fourth-order valence-corrected chi connectivity index (χ4v) is 2.41. The van der Waals surface area contributed by atoms with Crippen LogP contribution in [0.3, 0.4) is 0 Å². The van der Waals surface area contributed by atoms with E-state index in [1.165, 1.54) is 20.2 Å². The van der Waals surface area contributed by atoms with Gasteiger partial charge in [-0.25, -0.2) is 9.48 Å². The molecular weight excluding hydrogens is 346 g/mol. The molecule has 1 aromatic heterocycles. The molecule has 138 valence electrons. The highest BCUT2D eigenvalue weighted by atomic mass is 16.5. The predicted octanol–water partition coefficient (Wildman–Crippen LogP) is 3.06. The van der Waals surface area contributed by atoms with Crippen LogP contribution >= 0.6 is 0 Å². The first-order valence-electron chi connectivity index (χ1n) is 8.33. The Morgan fingerprint density at radius 2 is 1.78 bits per heavy atom. The number of para-hydroxylation sites is 3. The molecule has 1 atom stereocenters. The van der Waals surface area contributed by atoms with E-state index in [4.69, 9.17) is 9.47 Å². The van der Waals surface area contributed by atoms with E-state index in [1.807, 2.05) is 30.3 Å². The van der Waals surface area contributed by atoms with E-state index in [0.717, 1.165) is 5.69 Å². The van der Waals surface area contributed by atoms with Crippen molar-refractivity contribution in [2.24, 2.45) is 0 Å². The molecule has 27 heavy (non-hydrogen) atoms. The van der Waals surface area contributed by atoms with Gasteiger partial charge in [0.1, 0.15) is 5.75 Å². The average molecular weight is 365 g/mol. The van der Waals surface area contributed by atoms with Gasteiger partial charge in [-0.1, -0.05) is 30.3 Å². The molecule has 3 aromatic rings. The molecule has 0 bridgehead atoms. The van der Waals surface area contributed by atoms with Crippen molar-refractivity contribution in [3.05, 3.63) is 72.6 Å². The highest BCUT2D eigenvalue weighted by molar-refractivity contribution is 5.98. The fourth-order valence-electron chi connectivity index (χ4n) is 2.41. The molecule has 0 spiro atoms. The number of anilines is 1. The Balaban J connectivity index is 1.63. The van der Waals surface area contributed by atoms with Crippen molar-refractivity contribution >= 4 is 17.6 Å². The number of nitrogens with zero attached hydrogens (tertiary/aromatic N) is 2. The number of esters is 1. The number of rotatable bonds is 6. The molecule has 1 amide bonds. The summed E-state index contributed by atoms with van der Waals surface area (Å²) in [5.41, 5.74) is 1.58. The minimum absolute atomic E-state index is 0.260. The molecule has 1 heterocycles. The van der Waals surface area contributed by atoms with Crippen LogP contribution in [0.15, 0.2) is 67.0 Å². The van der Waals surface area contributed by atoms with E-state index in [2.05, 4.69) is 10.4 Å². The second kappa shape index (κ2) is 8.18. The van der Waals surface area contributed by atoms with Crippen LogP contribution in [0.2, 0.25) is 0 Å². The molecule has 0 saturated heterocycles. The Labute approximate surface area is 156 Å². The van der Waals surface area contributed by atoms with Crippen molar-refractivity contribution in [1.29, 1.82) is 0 Å². The largest absolute Gasteiger partial charge is 0.495 e. The number of nitrogens with one attached hydrogen (secondary N) is 1. The van der Waals surface area contributed by atoms with Crippen LogP contribution in [-0.4, -0.2) is 34.9 Å². The predicted molar refractivity (Wildman–Crippen MR) is 100 cm³/mol. The van der Waals surface area contributed by atoms with Gasteiger partial charge in [-0.3, -0.25) is 4.79 Å². The van der Waals surface area contributed by atoms with Crippen molar-refractivity contribution in [2.45, 2.75) is 13.0 Å². The van der Waals surface area contributed by atoms with Gasteiger partial charge in [-0.2, -0.15) is 5.10 Å². The quantitative estimate of drug-likeness (QED) is 0.679. The Morgan fingerprint density at radius 1 is 1.07 bits per heavy atom. The summed E-state index contributed by atoms with van der Waals surface area (Å²) in [6.45, 7) is 1.50. The molecule has 0 fully saturated rings. The van der Waals surface area contributed by atoms with Crippen LogP contribution in [0.25, 0.3) is 5.69 Å². The van der Waals surface area contributed by atoms with Crippen molar-refractivity contribution in [3.8, 4) is 11.4 Å². The number of aromatic nitrogens is 2. The van der Waals surface area contributed by atoms with Gasteiger partial charge in [0, 0.05) is 6.20 Å². The van der Waals surface area contributed by atoms with E-state index in [-0.39, 0.29) is 5.56 Å². The molecule has 0 radical (unpaired) electrons. The lowest BCUT2D eigenvalue weighted by atomic mass is 10.2. The Bertz CT molecular complexity index is 937. The third-order valence-corrected chi connectivity index (χ3v) is 3.86. The molecular formula is C20H19N3O4. The highest BCUT2D eigenvalue weighted by Gasteiger charge is 2.21. The number of ether oxygens (including phenoxy) is 2. The first kappa shape index (κ1) is 18.2. The number of hydrogen-bond donors (Lipinski definition) is 1. The molecule has 0 unspecified atom stereocenters. The van der Waals surface area contributed by atoms with Crippen molar-refractivity contribution in [1.82, 2.24) is 9.78 Å². The van der Waals surface area contributed by atoms with E-state index < -0.39 is 18.0 Å². The molecule has 1 N–H and O–H groups in total. The molecule has 2 aromatic carbocycles. The van der Waals surface area contributed by atoms with E-state index in [1.54, 1.807) is 35.1 Å². The van der Waals surface area contributed by atoms with E-state index in [0.29, 0.717) is 11.4 Å². The number of carbonyl (C=O) groups is 2. The monoisotopic (exact) mass is 365 g/mol. The highest BCUT2D eigenvalue weighted by Crippen LogP contribution is 2.23. The number of amides is 1. The normalized spacial score (nSPS) is 11.5. The van der Waals surface area contributed by atoms with Crippen LogP contribution in [0.5, 0.6) is 5.75 Å². The molecule has 0 aliphatic carbocycles. The average Bonchev–Trinajstić information content (AvgIpc) is 3.19. The number of carbonyl (C=O) groups excluding carboxylic acids is 2. The maximum absolute atomic E-state index is 12.3. The van der Waals surface area contributed by atoms with Gasteiger partial charge in [0.25, 0.3) is 5.91 Å². The lowest BCUT2D eigenvalue weighted by molar-refractivity contribution is -0.123. The summed E-state index contributed by atoms with van der Waals surface area (Å²) in [6.07, 6.45) is 1.98. The number of benzene rings is 2. The first-order valence-corrected chi connectivity index (χ1v) is 8.33. The van der Waals surface area contributed by atoms with Crippen molar-refractivity contribution in [2.75, 3.05) is 12.4 Å². The summed E-state index contributed by atoms with van der Waals surface area (Å²) in [4.78, 5) is 24.6. The van der Waals surface area contributed by atoms with Gasteiger partial charge >= 0.3 is 5.97 Å². The zero-order valence-electron chi connectivity index (χ0n) is 15.0. The van der Waals surface area contributed by atoms with Crippen LogP contribution in [0, 0.1) is 0 Å². The molecule has 7 nitrogen and oxygen atoms in total. The molecule has 0 aliphatic heterocycles. The summed E-state index contributed by atoms with van der Waals surface area (Å²) >= 11 is 0. The van der Waals surface area contributed by atoms with E-state index >= 15 is 0 Å². The van der Waals surface area contributed by atoms with Gasteiger partial charge in [-0.05, 0) is 31.2 Å². The van der Waals surface area contributed by atoms with Gasteiger partial charge in [0.2, 0.25) is 0 Å². The maximum atomic E-state index is 12.3. The van der Waals surface area contributed by atoms with Gasteiger partial charge in [-0.15, -0.1) is 0 Å². The van der Waals surface area contributed by atoms with E-state index in [9.17, 15) is 9.59 Å². The minimum Gasteiger partial charge on any atom is -0.495 e. The molecule has 0 saturated carbocycles. The fraction of sp³-hybridized carbons (Fsp3) is 0.150. The lowest BCUT2D eigenvalue weighted by Crippen LogP contribution is -2.30. The first-order chi connectivity index (χ1) is 13.1. The Hall–Kier alpha value is -3.61. The van der Waals surface area contributed by atoms with Crippen molar-refractivity contribution < 1.29 is 19.1 Å². The second-order valence-electron chi connectivity index (χ2n) is 5.75. The summed E-state index contributed by atoms with van der Waals surface area (Å²) in [6, 6.07) is 16.4. The molecule has 7 heteroatoms. The van der Waals surface area contributed by atoms with Gasteiger partial charge < -0.3 is 14.8 Å². The molecule has 0 aliphatic rings. The van der Waals surface area contributed by atoms with Gasteiger partial charge in [0.15, 0.2) is 6.10 Å². The maximum Gasteiger partial charge on any atom is 0.342 e. The third-order valence-electron chi connectivity index (χ3n) is 3.86. The van der Waals surface area contributed by atoms with Crippen LogP contribution in [0.1, 0.15) is 17.3 Å². The Kier molecular flexibility index (Phi) is 5.51. The number of hydrogen-bond acceptors (Lipinski definition) is 5. The smallest absolute Gasteiger partial charge is 0.342 e.